The maximum atomic E-state index is 12.0. The molecule has 7 nitrogen and oxygen atoms in total. The van der Waals surface area contributed by atoms with Crippen LogP contribution < -0.4 is 10.6 Å². The summed E-state index contributed by atoms with van der Waals surface area (Å²) in [5, 5.41) is 5.49. The van der Waals surface area contributed by atoms with Crippen LogP contribution in [0.15, 0.2) is 63.6 Å². The number of nitrogens with one attached hydrogen (secondary N) is 2. The van der Waals surface area contributed by atoms with E-state index in [-0.39, 0.29) is 13.1 Å². The van der Waals surface area contributed by atoms with Crippen molar-refractivity contribution in [3.05, 3.63) is 71.3 Å². The number of imide groups is 1. The lowest BCUT2D eigenvalue weighted by Gasteiger charge is -2.14. The van der Waals surface area contributed by atoms with E-state index in [1.54, 1.807) is 36.2 Å². The van der Waals surface area contributed by atoms with Crippen molar-refractivity contribution in [3.63, 3.8) is 0 Å². The van der Waals surface area contributed by atoms with Gasteiger partial charge in [0.1, 0.15) is 17.3 Å². The van der Waals surface area contributed by atoms with E-state index in [0.29, 0.717) is 23.1 Å². The largest absolute Gasteiger partial charge is 0.467 e. The summed E-state index contributed by atoms with van der Waals surface area (Å²) in [5.41, 5.74) is 0.921. The molecule has 0 bridgehead atoms. The van der Waals surface area contributed by atoms with E-state index in [1.807, 2.05) is 24.3 Å². The number of amides is 3. The van der Waals surface area contributed by atoms with Crippen molar-refractivity contribution in [2.45, 2.75) is 13.1 Å². The van der Waals surface area contributed by atoms with Crippen LogP contribution in [0.1, 0.15) is 11.5 Å². The third-order valence-corrected chi connectivity index (χ3v) is 4.14. The molecule has 0 spiro atoms. The number of nitrogens with zero attached hydrogens (tertiary/aromatic N) is 1. The highest BCUT2D eigenvalue weighted by Crippen LogP contribution is 2.24. The lowest BCUT2D eigenvalue weighted by Crippen LogP contribution is -2.43. The predicted molar refractivity (Wildman–Crippen MR) is 105 cm³/mol. The van der Waals surface area contributed by atoms with Crippen molar-refractivity contribution >= 4 is 23.5 Å². The molecule has 0 saturated heterocycles. The number of carbonyl (C=O) groups excluding carboxylic acids is 2. The van der Waals surface area contributed by atoms with E-state index in [9.17, 15) is 9.59 Å². The summed E-state index contributed by atoms with van der Waals surface area (Å²) in [6, 6.07) is 14.0. The van der Waals surface area contributed by atoms with Gasteiger partial charge in [-0.3, -0.25) is 15.0 Å². The van der Waals surface area contributed by atoms with Crippen LogP contribution in [0.25, 0.3) is 11.3 Å². The van der Waals surface area contributed by atoms with Crippen molar-refractivity contribution in [1.82, 2.24) is 15.5 Å². The number of furan rings is 2. The van der Waals surface area contributed by atoms with Crippen LogP contribution >= 0.6 is 11.6 Å². The molecule has 0 radical (unpaired) electrons. The second-order valence-corrected chi connectivity index (χ2v) is 6.69. The number of benzene rings is 1. The Balaban J connectivity index is 1.44. The molecule has 28 heavy (non-hydrogen) atoms. The van der Waals surface area contributed by atoms with Crippen LogP contribution in [0.5, 0.6) is 0 Å². The fourth-order valence-electron chi connectivity index (χ4n) is 2.59. The van der Waals surface area contributed by atoms with Gasteiger partial charge in [0.2, 0.25) is 5.91 Å². The summed E-state index contributed by atoms with van der Waals surface area (Å²) in [7, 11) is 1.77. The first-order chi connectivity index (χ1) is 13.5. The SMILES string of the molecule is CN(CC(=O)NC(=O)NCc1ccco1)Cc1ccc(-c2ccc(Cl)cc2)o1. The molecule has 3 amide bonds. The van der Waals surface area contributed by atoms with Crippen LogP contribution in [0.4, 0.5) is 4.79 Å². The zero-order chi connectivity index (χ0) is 19.9. The minimum absolute atomic E-state index is 0.0468. The van der Waals surface area contributed by atoms with Crippen molar-refractivity contribution in [2.75, 3.05) is 13.6 Å². The molecule has 8 heteroatoms. The molecule has 2 aromatic heterocycles. The molecule has 1 aromatic carbocycles. The van der Waals surface area contributed by atoms with Gasteiger partial charge in [0.15, 0.2) is 0 Å². The fraction of sp³-hybridized carbons (Fsp3) is 0.200. The standard InChI is InChI=1S/C20H20ClN3O4/c1-24(13-19(25)23-20(26)22-11-16-3-2-10-27-16)12-17-8-9-18(28-17)14-4-6-15(21)7-5-14/h2-10H,11-13H2,1H3,(H2,22,23,25,26). The van der Waals surface area contributed by atoms with Gasteiger partial charge >= 0.3 is 6.03 Å². The number of likely N-dealkylation sites (N-methyl/N-ethyl adjacent to an activating group) is 1. The highest BCUT2D eigenvalue weighted by atomic mass is 35.5. The maximum Gasteiger partial charge on any atom is 0.321 e. The average molecular weight is 402 g/mol. The zero-order valence-corrected chi connectivity index (χ0v) is 16.0. The lowest BCUT2D eigenvalue weighted by molar-refractivity contribution is -0.121. The van der Waals surface area contributed by atoms with Crippen molar-refractivity contribution < 1.29 is 18.4 Å². The molecule has 146 valence electrons. The summed E-state index contributed by atoms with van der Waals surface area (Å²) in [5.74, 6) is 1.63. The summed E-state index contributed by atoms with van der Waals surface area (Å²) in [6.07, 6.45) is 1.52. The Labute approximate surface area is 167 Å². The van der Waals surface area contributed by atoms with Crippen LogP contribution in [0.2, 0.25) is 5.02 Å². The first kappa shape index (κ1) is 19.7. The Bertz CT molecular complexity index is 919. The summed E-state index contributed by atoms with van der Waals surface area (Å²) in [4.78, 5) is 25.5. The van der Waals surface area contributed by atoms with Gasteiger partial charge in [0, 0.05) is 10.6 Å². The number of hydrogen-bond donors (Lipinski definition) is 2. The van der Waals surface area contributed by atoms with Gasteiger partial charge in [-0.2, -0.15) is 0 Å². The minimum atomic E-state index is -0.571. The van der Waals surface area contributed by atoms with E-state index in [0.717, 1.165) is 11.3 Å². The molecule has 3 aromatic rings. The second-order valence-electron chi connectivity index (χ2n) is 6.26. The molecule has 0 aliphatic carbocycles. The number of halogens is 1. The summed E-state index contributed by atoms with van der Waals surface area (Å²) < 4.78 is 10.9. The van der Waals surface area contributed by atoms with Crippen LogP contribution in [-0.4, -0.2) is 30.4 Å². The molecule has 2 N–H and O–H groups in total. The molecule has 0 unspecified atom stereocenters. The average Bonchev–Trinajstić information content (AvgIpc) is 3.32. The Morgan fingerprint density at radius 3 is 2.57 bits per heavy atom. The summed E-state index contributed by atoms with van der Waals surface area (Å²) in [6.45, 7) is 0.683. The van der Waals surface area contributed by atoms with Gasteiger partial charge in [-0.1, -0.05) is 11.6 Å². The normalized spacial score (nSPS) is 10.8. The Hall–Kier alpha value is -3.03. The third-order valence-electron chi connectivity index (χ3n) is 3.89. The highest BCUT2D eigenvalue weighted by Gasteiger charge is 2.13. The van der Waals surface area contributed by atoms with Gasteiger partial charge < -0.3 is 14.2 Å². The Morgan fingerprint density at radius 2 is 1.86 bits per heavy atom. The second kappa shape index (κ2) is 9.25. The van der Waals surface area contributed by atoms with Crippen molar-refractivity contribution in [1.29, 1.82) is 0 Å². The number of carbonyl (C=O) groups is 2. The fourth-order valence-corrected chi connectivity index (χ4v) is 2.72. The van der Waals surface area contributed by atoms with Crippen molar-refractivity contribution in [2.24, 2.45) is 0 Å². The lowest BCUT2D eigenvalue weighted by atomic mass is 10.2. The van der Waals surface area contributed by atoms with Crippen LogP contribution in [0, 0.1) is 0 Å². The topological polar surface area (TPSA) is 87.7 Å². The molecular weight excluding hydrogens is 382 g/mol. The predicted octanol–water partition coefficient (Wildman–Crippen LogP) is 3.65. The van der Waals surface area contributed by atoms with E-state index in [2.05, 4.69) is 10.6 Å². The minimum Gasteiger partial charge on any atom is -0.467 e. The number of urea groups is 1. The number of hydrogen-bond acceptors (Lipinski definition) is 5. The molecular formula is C20H20ClN3O4. The highest BCUT2D eigenvalue weighted by molar-refractivity contribution is 6.30. The molecule has 0 aliphatic heterocycles. The molecule has 0 fully saturated rings. The first-order valence-electron chi connectivity index (χ1n) is 8.63. The van der Waals surface area contributed by atoms with Gasteiger partial charge in [0.25, 0.3) is 0 Å². The van der Waals surface area contributed by atoms with Crippen molar-refractivity contribution in [3.8, 4) is 11.3 Å². The van der Waals surface area contributed by atoms with E-state index >= 15 is 0 Å². The first-order valence-corrected chi connectivity index (χ1v) is 9.00. The third kappa shape index (κ3) is 5.73. The van der Waals surface area contributed by atoms with Gasteiger partial charge in [-0.05, 0) is 55.6 Å². The zero-order valence-electron chi connectivity index (χ0n) is 15.3. The molecule has 0 atom stereocenters. The maximum absolute atomic E-state index is 12.0. The molecule has 3 rings (SSSR count). The van der Waals surface area contributed by atoms with Gasteiger partial charge in [-0.25, -0.2) is 4.79 Å². The van der Waals surface area contributed by atoms with E-state index in [4.69, 9.17) is 20.4 Å². The number of rotatable bonds is 7. The molecule has 0 saturated carbocycles. The van der Waals surface area contributed by atoms with Crippen LogP contribution in [-0.2, 0) is 17.9 Å². The molecule has 0 aliphatic rings. The quantitative estimate of drug-likeness (QED) is 0.631. The van der Waals surface area contributed by atoms with Crippen LogP contribution in [0.3, 0.4) is 0 Å². The Kier molecular flexibility index (Phi) is 6.52. The van der Waals surface area contributed by atoms with E-state index < -0.39 is 11.9 Å². The molecule has 2 heterocycles. The monoisotopic (exact) mass is 401 g/mol. The summed E-state index contributed by atoms with van der Waals surface area (Å²) >= 11 is 5.89. The Morgan fingerprint density at radius 1 is 1.07 bits per heavy atom. The van der Waals surface area contributed by atoms with Gasteiger partial charge in [-0.15, -0.1) is 0 Å². The van der Waals surface area contributed by atoms with E-state index in [1.165, 1.54) is 6.26 Å². The van der Waals surface area contributed by atoms with Gasteiger partial charge in [0.05, 0.1) is 25.9 Å². The smallest absolute Gasteiger partial charge is 0.321 e.